The van der Waals surface area contributed by atoms with Crippen LogP contribution >= 0.6 is 0 Å². The van der Waals surface area contributed by atoms with E-state index in [1.165, 1.54) is 0 Å². The lowest BCUT2D eigenvalue weighted by atomic mass is 10.1. The maximum Gasteiger partial charge on any atom is 0.409 e. The molecule has 1 aromatic carbocycles. The highest BCUT2D eigenvalue weighted by Gasteiger charge is 2.25. The smallest absolute Gasteiger partial charge is 0.409 e. The van der Waals surface area contributed by atoms with Crippen LogP contribution in [0.4, 0.5) is 4.79 Å². The first-order valence-corrected chi connectivity index (χ1v) is 9.35. The van der Waals surface area contributed by atoms with Crippen molar-refractivity contribution in [1.82, 2.24) is 14.8 Å². The van der Waals surface area contributed by atoms with E-state index in [1.54, 1.807) is 22.8 Å². The van der Waals surface area contributed by atoms with Gasteiger partial charge in [-0.25, -0.2) is 9.59 Å². The van der Waals surface area contributed by atoms with E-state index in [9.17, 15) is 14.4 Å². The fourth-order valence-corrected chi connectivity index (χ4v) is 3.36. The molecule has 0 saturated carbocycles. The van der Waals surface area contributed by atoms with E-state index in [-0.39, 0.29) is 18.6 Å². The van der Waals surface area contributed by atoms with Gasteiger partial charge in [0.1, 0.15) is 5.69 Å². The van der Waals surface area contributed by atoms with Gasteiger partial charge >= 0.3 is 12.1 Å². The van der Waals surface area contributed by atoms with E-state index >= 15 is 0 Å². The molecule has 8 nitrogen and oxygen atoms in total. The molecule has 1 aliphatic heterocycles. The van der Waals surface area contributed by atoms with Crippen LogP contribution in [0.15, 0.2) is 18.2 Å². The molecule has 28 heavy (non-hydrogen) atoms. The maximum absolute atomic E-state index is 12.3. The predicted octanol–water partition coefficient (Wildman–Crippen LogP) is 2.24. The molecule has 0 bridgehead atoms. The first kappa shape index (κ1) is 19.7. The topological polar surface area (TPSA) is 91.9 Å². The summed E-state index contributed by atoms with van der Waals surface area (Å²) in [5.74, 6) is -0.841. The normalized spacial score (nSPS) is 14.2. The van der Waals surface area contributed by atoms with E-state index in [4.69, 9.17) is 9.47 Å². The van der Waals surface area contributed by atoms with Gasteiger partial charge in [-0.3, -0.25) is 4.79 Å². The van der Waals surface area contributed by atoms with Crippen LogP contribution in [0.2, 0.25) is 0 Å². The van der Waals surface area contributed by atoms with Gasteiger partial charge in [0.15, 0.2) is 6.61 Å². The number of aromatic amines is 1. The number of esters is 1. The standard InChI is InChI=1S/C20H25N3O5/c1-4-27-20(26)23-7-5-22(6-8-23)18(24)12-28-19(25)17-11-15-14(3)9-13(2)10-16(15)21-17/h9-11,21H,4-8,12H2,1-3H3. The highest BCUT2D eigenvalue weighted by Crippen LogP contribution is 2.21. The number of aryl methyl sites for hydroxylation is 2. The van der Waals surface area contributed by atoms with Crippen molar-refractivity contribution in [1.29, 1.82) is 0 Å². The number of hydrogen-bond donors (Lipinski definition) is 1. The number of nitrogens with zero attached hydrogens (tertiary/aromatic N) is 2. The third-order valence-electron chi connectivity index (χ3n) is 4.79. The molecule has 0 unspecified atom stereocenters. The van der Waals surface area contributed by atoms with Crippen molar-refractivity contribution in [2.24, 2.45) is 0 Å². The SMILES string of the molecule is CCOC(=O)N1CCN(C(=O)COC(=O)c2cc3c(C)cc(C)cc3[nH]2)CC1. The van der Waals surface area contributed by atoms with E-state index in [2.05, 4.69) is 4.98 Å². The van der Waals surface area contributed by atoms with Crippen molar-refractivity contribution in [2.45, 2.75) is 20.8 Å². The number of H-pyrrole nitrogens is 1. The predicted molar refractivity (Wildman–Crippen MR) is 103 cm³/mol. The third-order valence-corrected chi connectivity index (χ3v) is 4.79. The zero-order valence-corrected chi connectivity index (χ0v) is 16.4. The average Bonchev–Trinajstić information content (AvgIpc) is 3.10. The first-order valence-electron chi connectivity index (χ1n) is 9.35. The Bertz CT molecular complexity index is 897. The summed E-state index contributed by atoms with van der Waals surface area (Å²) in [5.41, 5.74) is 3.36. The zero-order valence-electron chi connectivity index (χ0n) is 16.4. The molecular weight excluding hydrogens is 362 g/mol. The van der Waals surface area contributed by atoms with E-state index in [0.717, 1.165) is 22.0 Å². The lowest BCUT2D eigenvalue weighted by molar-refractivity contribution is -0.136. The highest BCUT2D eigenvalue weighted by atomic mass is 16.6. The number of fused-ring (bicyclic) bond motifs is 1. The van der Waals surface area contributed by atoms with Gasteiger partial charge in [-0.2, -0.15) is 0 Å². The molecule has 1 aliphatic rings. The number of carbonyl (C=O) groups is 3. The van der Waals surface area contributed by atoms with Crippen molar-refractivity contribution in [3.8, 4) is 0 Å². The first-order chi connectivity index (χ1) is 13.4. The largest absolute Gasteiger partial charge is 0.451 e. The summed E-state index contributed by atoms with van der Waals surface area (Å²) in [7, 11) is 0. The molecule has 1 saturated heterocycles. The molecule has 0 spiro atoms. The molecule has 2 aromatic rings. The maximum atomic E-state index is 12.3. The Morgan fingerprint density at radius 3 is 2.36 bits per heavy atom. The lowest BCUT2D eigenvalue weighted by Gasteiger charge is -2.33. The van der Waals surface area contributed by atoms with Crippen molar-refractivity contribution in [3.63, 3.8) is 0 Å². The number of benzene rings is 1. The monoisotopic (exact) mass is 387 g/mol. The molecule has 2 amide bonds. The van der Waals surface area contributed by atoms with Crippen LogP contribution in [0.3, 0.4) is 0 Å². The quantitative estimate of drug-likeness (QED) is 0.813. The number of aromatic nitrogens is 1. The second-order valence-electron chi connectivity index (χ2n) is 6.87. The van der Waals surface area contributed by atoms with Crippen LogP contribution in [0.1, 0.15) is 28.5 Å². The minimum Gasteiger partial charge on any atom is -0.451 e. The molecule has 3 rings (SSSR count). The number of amides is 2. The fourth-order valence-electron chi connectivity index (χ4n) is 3.36. The second kappa shape index (κ2) is 8.33. The molecule has 8 heteroatoms. The minimum atomic E-state index is -0.563. The number of carbonyl (C=O) groups excluding carboxylic acids is 3. The van der Waals surface area contributed by atoms with Gasteiger partial charge < -0.3 is 24.3 Å². The van der Waals surface area contributed by atoms with Crippen molar-refractivity contribution in [2.75, 3.05) is 39.4 Å². The van der Waals surface area contributed by atoms with Gasteiger partial charge in [0.05, 0.1) is 6.61 Å². The summed E-state index contributed by atoms with van der Waals surface area (Å²) < 4.78 is 10.1. The molecule has 150 valence electrons. The van der Waals surface area contributed by atoms with Crippen LogP contribution in [0, 0.1) is 13.8 Å². The Kier molecular flexibility index (Phi) is 5.87. The van der Waals surface area contributed by atoms with Crippen LogP contribution in [0.25, 0.3) is 10.9 Å². The summed E-state index contributed by atoms with van der Waals surface area (Å²) in [6, 6.07) is 5.76. The number of piperazine rings is 1. The lowest BCUT2D eigenvalue weighted by Crippen LogP contribution is -2.51. The highest BCUT2D eigenvalue weighted by molar-refractivity contribution is 5.97. The summed E-state index contributed by atoms with van der Waals surface area (Å²) in [6.07, 6.45) is -0.370. The van der Waals surface area contributed by atoms with Crippen molar-refractivity contribution < 1.29 is 23.9 Å². The van der Waals surface area contributed by atoms with Crippen LogP contribution in [-0.2, 0) is 14.3 Å². The molecule has 1 fully saturated rings. The van der Waals surface area contributed by atoms with Crippen molar-refractivity contribution >= 4 is 28.9 Å². The summed E-state index contributed by atoms with van der Waals surface area (Å²) >= 11 is 0. The Labute approximate surface area is 163 Å². The van der Waals surface area contributed by atoms with Gasteiger partial charge in [-0.1, -0.05) is 6.07 Å². The number of hydrogen-bond acceptors (Lipinski definition) is 5. The van der Waals surface area contributed by atoms with E-state index in [1.807, 2.05) is 26.0 Å². The molecule has 0 atom stereocenters. The summed E-state index contributed by atoms with van der Waals surface area (Å²) in [6.45, 7) is 7.30. The van der Waals surface area contributed by atoms with Crippen LogP contribution < -0.4 is 0 Å². The van der Waals surface area contributed by atoms with Gasteiger partial charge in [0, 0.05) is 37.1 Å². The Morgan fingerprint density at radius 1 is 1.00 bits per heavy atom. The van der Waals surface area contributed by atoms with Crippen LogP contribution in [-0.4, -0.2) is 72.1 Å². The Hall–Kier alpha value is -3.03. The second-order valence-corrected chi connectivity index (χ2v) is 6.87. The van der Waals surface area contributed by atoms with Gasteiger partial charge in [-0.15, -0.1) is 0 Å². The van der Waals surface area contributed by atoms with Gasteiger partial charge in [0.2, 0.25) is 0 Å². The fraction of sp³-hybridized carbons (Fsp3) is 0.450. The Morgan fingerprint density at radius 2 is 1.68 bits per heavy atom. The molecule has 1 aromatic heterocycles. The number of nitrogens with one attached hydrogen (secondary N) is 1. The summed E-state index contributed by atoms with van der Waals surface area (Å²) in [5, 5.41) is 0.957. The summed E-state index contributed by atoms with van der Waals surface area (Å²) in [4.78, 5) is 42.5. The van der Waals surface area contributed by atoms with E-state index in [0.29, 0.717) is 38.5 Å². The molecule has 1 N–H and O–H groups in total. The van der Waals surface area contributed by atoms with Crippen LogP contribution in [0.5, 0.6) is 0 Å². The van der Waals surface area contributed by atoms with Gasteiger partial charge in [-0.05, 0) is 44.0 Å². The third kappa shape index (κ3) is 4.27. The molecular formula is C20H25N3O5. The zero-order chi connectivity index (χ0) is 20.3. The number of ether oxygens (including phenoxy) is 2. The average molecular weight is 387 g/mol. The molecule has 2 heterocycles. The number of rotatable bonds is 4. The van der Waals surface area contributed by atoms with E-state index < -0.39 is 5.97 Å². The molecule has 0 radical (unpaired) electrons. The molecule has 0 aliphatic carbocycles. The minimum absolute atomic E-state index is 0.278. The van der Waals surface area contributed by atoms with Crippen molar-refractivity contribution in [3.05, 3.63) is 35.0 Å². The van der Waals surface area contributed by atoms with Gasteiger partial charge in [0.25, 0.3) is 5.91 Å². The Balaban J connectivity index is 1.53.